The third-order valence-corrected chi connectivity index (χ3v) is 7.68. The van der Waals surface area contributed by atoms with Gasteiger partial charge in [-0.05, 0) is 53.3 Å². The van der Waals surface area contributed by atoms with Crippen LogP contribution in [0.5, 0.6) is 0 Å². The van der Waals surface area contributed by atoms with Gasteiger partial charge in [-0.3, -0.25) is 0 Å². The Balaban J connectivity index is 1.44. The number of alkyl halides is 3. The summed E-state index contributed by atoms with van der Waals surface area (Å²) in [6.07, 6.45) is 7.26. The van der Waals surface area contributed by atoms with Gasteiger partial charge in [-0.2, -0.15) is 13.2 Å². The van der Waals surface area contributed by atoms with Crippen LogP contribution >= 0.6 is 0 Å². The quantitative estimate of drug-likeness (QED) is 0.211. The highest BCUT2D eigenvalue weighted by molar-refractivity contribution is 5.88. The van der Waals surface area contributed by atoms with Crippen LogP contribution in [0.4, 0.5) is 26.3 Å². The lowest BCUT2D eigenvalue weighted by atomic mass is 9.77. The second kappa shape index (κ2) is 11.3. The molecule has 0 bridgehead atoms. The Kier molecular flexibility index (Phi) is 8.31. The summed E-state index contributed by atoms with van der Waals surface area (Å²) in [4.78, 5) is 0. The van der Waals surface area contributed by atoms with E-state index in [1.165, 1.54) is 57.4 Å². The van der Waals surface area contributed by atoms with Crippen molar-refractivity contribution in [3.05, 3.63) is 71.0 Å². The second-order valence-electron chi connectivity index (χ2n) is 10.2. The topological polar surface area (TPSA) is 0 Å². The van der Waals surface area contributed by atoms with Crippen LogP contribution in [0.2, 0.25) is 0 Å². The normalized spacial score (nSPS) is 18.6. The molecular formula is C30H32F6. The molecule has 1 saturated carbocycles. The van der Waals surface area contributed by atoms with Gasteiger partial charge in [0.2, 0.25) is 0 Å². The zero-order valence-electron chi connectivity index (χ0n) is 20.5. The molecule has 4 rings (SSSR count). The summed E-state index contributed by atoms with van der Waals surface area (Å²) >= 11 is 0. The predicted molar refractivity (Wildman–Crippen MR) is 132 cm³/mol. The van der Waals surface area contributed by atoms with Crippen molar-refractivity contribution in [2.45, 2.75) is 77.3 Å². The molecule has 0 nitrogen and oxygen atoms in total. The fourth-order valence-corrected chi connectivity index (χ4v) is 5.58. The molecule has 1 aliphatic carbocycles. The number of fused-ring (bicyclic) bond motifs is 1. The smallest absolute Gasteiger partial charge is 0.206 e. The molecule has 1 aliphatic rings. The molecule has 0 saturated heterocycles. The third kappa shape index (κ3) is 6.07. The number of benzene rings is 3. The lowest BCUT2D eigenvalue weighted by Crippen LogP contribution is -2.15. The summed E-state index contributed by atoms with van der Waals surface area (Å²) in [6.45, 7) is 2.23. The number of hydrogen-bond acceptors (Lipinski definition) is 0. The molecule has 0 spiro atoms. The van der Waals surface area contributed by atoms with Crippen LogP contribution in [0, 0.1) is 29.3 Å². The van der Waals surface area contributed by atoms with Gasteiger partial charge in [-0.1, -0.05) is 88.6 Å². The first-order valence-corrected chi connectivity index (χ1v) is 12.9. The van der Waals surface area contributed by atoms with Gasteiger partial charge in [-0.15, -0.1) is 0 Å². The van der Waals surface area contributed by atoms with Crippen molar-refractivity contribution in [1.82, 2.24) is 0 Å². The van der Waals surface area contributed by atoms with Crippen molar-refractivity contribution >= 4 is 10.8 Å². The molecule has 0 atom stereocenters. The maximum absolute atomic E-state index is 15.2. The first kappa shape index (κ1) is 26.6. The van der Waals surface area contributed by atoms with E-state index in [4.69, 9.17) is 0 Å². The Hall–Kier alpha value is -2.50. The molecule has 0 heterocycles. The molecule has 1 fully saturated rings. The Morgan fingerprint density at radius 3 is 2.03 bits per heavy atom. The van der Waals surface area contributed by atoms with Gasteiger partial charge in [0.15, 0.2) is 0 Å². The lowest BCUT2D eigenvalue weighted by Gasteiger charge is -2.28. The highest BCUT2D eigenvalue weighted by atomic mass is 19.4. The Bertz CT molecular complexity index is 1160. The number of hydrogen-bond donors (Lipinski definition) is 0. The predicted octanol–water partition coefficient (Wildman–Crippen LogP) is 10.3. The zero-order chi connectivity index (χ0) is 25.9. The maximum atomic E-state index is 15.2. The summed E-state index contributed by atoms with van der Waals surface area (Å²) in [5.74, 6) is -2.65. The van der Waals surface area contributed by atoms with Crippen LogP contribution < -0.4 is 0 Å². The van der Waals surface area contributed by atoms with E-state index >= 15 is 4.39 Å². The fraction of sp³-hybridized carbons (Fsp3) is 0.467. The van der Waals surface area contributed by atoms with Gasteiger partial charge in [0.1, 0.15) is 23.0 Å². The van der Waals surface area contributed by atoms with E-state index in [2.05, 4.69) is 6.92 Å². The van der Waals surface area contributed by atoms with Gasteiger partial charge in [-0.25, -0.2) is 13.2 Å². The molecule has 3 aromatic carbocycles. The molecular weight excluding hydrogens is 474 g/mol. The van der Waals surface area contributed by atoms with Crippen LogP contribution in [0.15, 0.2) is 42.5 Å². The Labute approximate surface area is 208 Å². The Morgan fingerprint density at radius 1 is 0.778 bits per heavy atom. The molecule has 6 heteroatoms. The van der Waals surface area contributed by atoms with Gasteiger partial charge < -0.3 is 0 Å². The van der Waals surface area contributed by atoms with Crippen LogP contribution in [-0.2, 0) is 12.6 Å². The molecule has 3 aromatic rings. The SMILES string of the molecule is CCCCCC1CCC(CCc2ccc3c(F)c(-c4cc(F)c(C(F)(F)F)c(F)c4)ccc3c2)CC1. The van der Waals surface area contributed by atoms with Crippen LogP contribution in [-0.4, -0.2) is 0 Å². The van der Waals surface area contributed by atoms with Crippen molar-refractivity contribution in [3.63, 3.8) is 0 Å². The molecule has 36 heavy (non-hydrogen) atoms. The van der Waals surface area contributed by atoms with Crippen molar-refractivity contribution in [2.75, 3.05) is 0 Å². The molecule has 0 aromatic heterocycles. The minimum Gasteiger partial charge on any atom is -0.206 e. The van der Waals surface area contributed by atoms with E-state index in [0.717, 1.165) is 24.3 Å². The molecule has 0 unspecified atom stereocenters. The van der Waals surface area contributed by atoms with Crippen molar-refractivity contribution in [2.24, 2.45) is 11.8 Å². The average Bonchev–Trinajstić information content (AvgIpc) is 2.82. The lowest BCUT2D eigenvalue weighted by molar-refractivity contribution is -0.142. The van der Waals surface area contributed by atoms with Gasteiger partial charge in [0, 0.05) is 10.9 Å². The summed E-state index contributed by atoms with van der Waals surface area (Å²) in [5.41, 5.74) is -1.28. The monoisotopic (exact) mass is 506 g/mol. The standard InChI is InChI=1S/C30H32F6/c1-2-3-4-5-19-6-8-20(9-7-19)10-11-21-12-14-24-22(16-21)13-15-25(29(24)33)23-17-26(31)28(27(32)18-23)30(34,35)36/h12-20H,2-11H2,1H3. The number of halogens is 6. The fourth-order valence-electron chi connectivity index (χ4n) is 5.58. The van der Waals surface area contributed by atoms with Crippen molar-refractivity contribution in [1.29, 1.82) is 0 Å². The second-order valence-corrected chi connectivity index (χ2v) is 10.2. The van der Waals surface area contributed by atoms with Gasteiger partial charge in [0.05, 0.1) is 0 Å². The molecule has 0 N–H and O–H groups in total. The maximum Gasteiger partial charge on any atom is 0.422 e. The van der Waals surface area contributed by atoms with E-state index in [9.17, 15) is 22.0 Å². The first-order valence-electron chi connectivity index (χ1n) is 12.9. The third-order valence-electron chi connectivity index (χ3n) is 7.68. The minimum atomic E-state index is -5.17. The summed E-state index contributed by atoms with van der Waals surface area (Å²) in [7, 11) is 0. The Morgan fingerprint density at radius 2 is 1.42 bits per heavy atom. The van der Waals surface area contributed by atoms with Crippen LogP contribution in [0.1, 0.15) is 75.8 Å². The average molecular weight is 507 g/mol. The largest absolute Gasteiger partial charge is 0.422 e. The zero-order valence-corrected chi connectivity index (χ0v) is 20.5. The van der Waals surface area contributed by atoms with E-state index in [1.54, 1.807) is 12.1 Å². The van der Waals surface area contributed by atoms with Gasteiger partial charge in [0.25, 0.3) is 0 Å². The van der Waals surface area contributed by atoms with E-state index in [-0.39, 0.29) is 16.5 Å². The highest BCUT2D eigenvalue weighted by Gasteiger charge is 2.38. The van der Waals surface area contributed by atoms with Gasteiger partial charge >= 0.3 is 6.18 Å². The van der Waals surface area contributed by atoms with Crippen LogP contribution in [0.3, 0.4) is 0 Å². The van der Waals surface area contributed by atoms with Crippen molar-refractivity contribution < 1.29 is 26.3 Å². The van der Waals surface area contributed by atoms with Crippen LogP contribution in [0.25, 0.3) is 21.9 Å². The molecule has 0 amide bonds. The van der Waals surface area contributed by atoms with E-state index in [0.29, 0.717) is 23.4 Å². The molecule has 0 radical (unpaired) electrons. The van der Waals surface area contributed by atoms with E-state index in [1.807, 2.05) is 12.1 Å². The summed E-state index contributed by atoms with van der Waals surface area (Å²) < 4.78 is 81.9. The first-order chi connectivity index (χ1) is 17.2. The molecule has 0 aliphatic heterocycles. The number of unbranched alkanes of at least 4 members (excludes halogenated alkanes) is 2. The number of aryl methyl sites for hydroxylation is 1. The summed E-state index contributed by atoms with van der Waals surface area (Å²) in [6, 6.07) is 9.50. The van der Waals surface area contributed by atoms with E-state index < -0.39 is 29.2 Å². The highest BCUT2D eigenvalue weighted by Crippen LogP contribution is 2.38. The molecule has 194 valence electrons. The number of rotatable bonds is 8. The minimum absolute atomic E-state index is 0.141. The summed E-state index contributed by atoms with van der Waals surface area (Å²) in [5, 5.41) is 0.922. The van der Waals surface area contributed by atoms with Crippen molar-refractivity contribution in [3.8, 4) is 11.1 Å².